The highest BCUT2D eigenvalue weighted by atomic mass is 16.5. The Kier molecular flexibility index (Phi) is 5.65. The number of rotatable bonds is 5. The van der Waals surface area contributed by atoms with Crippen LogP contribution in [0.15, 0.2) is 30.6 Å². The fraction of sp³-hybridized carbons (Fsp3) is 0.478. The Morgan fingerprint density at radius 1 is 1.22 bits per heavy atom. The van der Waals surface area contributed by atoms with Gasteiger partial charge >= 0.3 is 5.97 Å². The number of esters is 1. The lowest BCUT2D eigenvalue weighted by molar-refractivity contribution is -0.148. The molecule has 0 saturated carbocycles. The Labute approximate surface area is 186 Å². The number of aromatic nitrogens is 4. The molecule has 0 aromatic carbocycles. The summed E-state index contributed by atoms with van der Waals surface area (Å²) in [4.78, 5) is 26.9. The molecule has 2 saturated heterocycles. The van der Waals surface area contributed by atoms with Crippen molar-refractivity contribution in [1.29, 1.82) is 0 Å². The summed E-state index contributed by atoms with van der Waals surface area (Å²) >= 11 is 0. The number of carbonyl (C=O) groups excluding carboxylic acids is 1. The van der Waals surface area contributed by atoms with Crippen LogP contribution >= 0.6 is 0 Å². The number of hydrogen-bond donors (Lipinski definition) is 1. The Hall–Kier alpha value is -3.20. The first-order valence-electron chi connectivity index (χ1n) is 11.2. The molecule has 0 spiro atoms. The maximum atomic E-state index is 12.9. The van der Waals surface area contributed by atoms with E-state index in [2.05, 4.69) is 31.0 Å². The molecule has 2 fully saturated rings. The largest absolute Gasteiger partial charge is 0.461 e. The Morgan fingerprint density at radius 2 is 2.06 bits per heavy atom. The zero-order valence-electron chi connectivity index (χ0n) is 18.5. The van der Waals surface area contributed by atoms with E-state index in [1.807, 2.05) is 26.0 Å². The van der Waals surface area contributed by atoms with Crippen LogP contribution in [0.5, 0.6) is 0 Å². The second-order valence-corrected chi connectivity index (χ2v) is 8.46. The molecule has 168 valence electrons. The summed E-state index contributed by atoms with van der Waals surface area (Å²) in [6, 6.07) is 5.67. The number of ether oxygens (including phenoxy) is 2. The predicted octanol–water partition coefficient (Wildman–Crippen LogP) is 2.78. The molecule has 32 heavy (non-hydrogen) atoms. The summed E-state index contributed by atoms with van der Waals surface area (Å²) in [5.41, 5.74) is 3.34. The van der Waals surface area contributed by atoms with E-state index < -0.39 is 0 Å². The van der Waals surface area contributed by atoms with E-state index in [0.29, 0.717) is 13.2 Å². The van der Waals surface area contributed by atoms with E-state index in [9.17, 15) is 4.79 Å². The lowest BCUT2D eigenvalue weighted by atomic mass is 10.1. The van der Waals surface area contributed by atoms with E-state index in [1.165, 1.54) is 0 Å². The number of fused-ring (bicyclic) bond motifs is 1. The van der Waals surface area contributed by atoms with E-state index in [-0.39, 0.29) is 18.1 Å². The second kappa shape index (κ2) is 8.74. The highest BCUT2D eigenvalue weighted by Gasteiger charge is 2.34. The molecule has 3 aromatic heterocycles. The number of nitrogens with one attached hydrogen (secondary N) is 1. The van der Waals surface area contributed by atoms with Crippen LogP contribution in [0.1, 0.15) is 26.7 Å². The number of pyridine rings is 2. The minimum absolute atomic E-state index is 0.140. The van der Waals surface area contributed by atoms with Crippen LogP contribution < -0.4 is 9.80 Å². The van der Waals surface area contributed by atoms with E-state index in [1.54, 1.807) is 12.4 Å². The van der Waals surface area contributed by atoms with Crippen molar-refractivity contribution < 1.29 is 14.3 Å². The molecule has 1 unspecified atom stereocenters. The maximum Gasteiger partial charge on any atom is 0.329 e. The minimum atomic E-state index is -0.302. The topological polar surface area (TPSA) is 96.5 Å². The zero-order valence-corrected chi connectivity index (χ0v) is 18.5. The van der Waals surface area contributed by atoms with E-state index in [4.69, 9.17) is 14.5 Å². The summed E-state index contributed by atoms with van der Waals surface area (Å²) in [5.74, 6) is 0.700. The molecular formula is C23H28N6O3. The van der Waals surface area contributed by atoms with Gasteiger partial charge in [0.1, 0.15) is 23.1 Å². The van der Waals surface area contributed by atoms with Crippen molar-refractivity contribution in [2.45, 2.75) is 38.8 Å². The third-order valence-corrected chi connectivity index (χ3v) is 5.97. The Morgan fingerprint density at radius 3 is 2.81 bits per heavy atom. The summed E-state index contributed by atoms with van der Waals surface area (Å²) in [6.45, 7) is 7.45. The van der Waals surface area contributed by atoms with Gasteiger partial charge in [-0.15, -0.1) is 0 Å². The first kappa shape index (κ1) is 20.7. The van der Waals surface area contributed by atoms with Gasteiger partial charge in [0.15, 0.2) is 0 Å². The average molecular weight is 437 g/mol. The van der Waals surface area contributed by atoms with Gasteiger partial charge in [0.05, 0.1) is 30.7 Å². The quantitative estimate of drug-likeness (QED) is 0.610. The lowest BCUT2D eigenvalue weighted by Crippen LogP contribution is -2.39. The van der Waals surface area contributed by atoms with Crippen molar-refractivity contribution in [3.05, 3.63) is 30.6 Å². The molecular weight excluding hydrogens is 408 g/mol. The molecule has 2 aliphatic rings. The number of H-pyrrole nitrogens is 1. The SMILES string of the molecule is CC(C)OC(=O)C1CCCN1c1cc(N2CCOCC2)nc2c(-c3ccn[nH]3)nccc12. The first-order valence-corrected chi connectivity index (χ1v) is 11.2. The van der Waals surface area contributed by atoms with Gasteiger partial charge in [-0.2, -0.15) is 5.10 Å². The highest BCUT2D eigenvalue weighted by molar-refractivity contribution is 6.01. The number of aromatic amines is 1. The van der Waals surface area contributed by atoms with Gasteiger partial charge in [-0.05, 0) is 38.8 Å². The molecule has 5 heterocycles. The Bertz CT molecular complexity index is 1090. The highest BCUT2D eigenvalue weighted by Crippen LogP contribution is 2.37. The number of nitrogens with zero attached hydrogens (tertiary/aromatic N) is 5. The molecule has 3 aromatic rings. The van der Waals surface area contributed by atoms with E-state index >= 15 is 0 Å². The van der Waals surface area contributed by atoms with Crippen LogP contribution in [0.2, 0.25) is 0 Å². The van der Waals surface area contributed by atoms with Gasteiger partial charge in [-0.3, -0.25) is 10.1 Å². The van der Waals surface area contributed by atoms with Crippen LogP contribution in [-0.2, 0) is 14.3 Å². The van der Waals surface area contributed by atoms with Crippen molar-refractivity contribution >= 4 is 28.4 Å². The van der Waals surface area contributed by atoms with Crippen molar-refractivity contribution in [2.75, 3.05) is 42.6 Å². The van der Waals surface area contributed by atoms with Gasteiger partial charge in [-0.25, -0.2) is 9.78 Å². The van der Waals surface area contributed by atoms with E-state index in [0.717, 1.165) is 66.3 Å². The van der Waals surface area contributed by atoms with Gasteiger partial charge < -0.3 is 19.3 Å². The molecule has 0 amide bonds. The van der Waals surface area contributed by atoms with Crippen LogP contribution in [0, 0.1) is 0 Å². The molecule has 5 rings (SSSR count). The fourth-order valence-corrected chi connectivity index (χ4v) is 4.51. The zero-order chi connectivity index (χ0) is 22.1. The summed E-state index contributed by atoms with van der Waals surface area (Å²) in [7, 11) is 0. The predicted molar refractivity (Wildman–Crippen MR) is 122 cm³/mol. The number of anilines is 2. The van der Waals surface area contributed by atoms with Crippen molar-refractivity contribution in [3.63, 3.8) is 0 Å². The van der Waals surface area contributed by atoms with Crippen molar-refractivity contribution in [2.24, 2.45) is 0 Å². The molecule has 1 N–H and O–H groups in total. The molecule has 0 aliphatic carbocycles. The Balaban J connectivity index is 1.65. The van der Waals surface area contributed by atoms with Gasteiger partial charge in [0, 0.05) is 43.5 Å². The number of carbonyl (C=O) groups is 1. The lowest BCUT2D eigenvalue weighted by Gasteiger charge is -2.31. The second-order valence-electron chi connectivity index (χ2n) is 8.46. The van der Waals surface area contributed by atoms with Gasteiger partial charge in [0.2, 0.25) is 0 Å². The summed E-state index contributed by atoms with van der Waals surface area (Å²) < 4.78 is 11.1. The summed E-state index contributed by atoms with van der Waals surface area (Å²) in [6.07, 6.45) is 5.07. The monoisotopic (exact) mass is 436 g/mol. The van der Waals surface area contributed by atoms with Crippen LogP contribution in [0.4, 0.5) is 11.5 Å². The van der Waals surface area contributed by atoms with Crippen molar-refractivity contribution in [1.82, 2.24) is 20.2 Å². The van der Waals surface area contributed by atoms with Gasteiger partial charge in [-0.1, -0.05) is 0 Å². The molecule has 2 aliphatic heterocycles. The van der Waals surface area contributed by atoms with Crippen LogP contribution in [0.25, 0.3) is 22.3 Å². The number of morpholine rings is 1. The maximum absolute atomic E-state index is 12.9. The molecule has 9 heteroatoms. The minimum Gasteiger partial charge on any atom is -0.461 e. The van der Waals surface area contributed by atoms with Crippen molar-refractivity contribution in [3.8, 4) is 11.4 Å². The molecule has 0 bridgehead atoms. The number of hydrogen-bond acceptors (Lipinski definition) is 8. The first-order chi connectivity index (χ1) is 15.6. The normalized spacial score (nSPS) is 19.2. The molecule has 0 radical (unpaired) electrons. The standard InChI is InChI=1S/C23H28N6O3/c1-15(2)32-23(30)18-4-3-9-29(18)19-14-20(28-10-12-31-13-11-28)26-21-16(19)5-7-24-22(21)17-6-8-25-27-17/h5-8,14-15,18H,3-4,9-13H2,1-2H3,(H,25,27). The van der Waals surface area contributed by atoms with Crippen LogP contribution in [-0.4, -0.2) is 71.1 Å². The average Bonchev–Trinajstić information content (AvgIpc) is 3.50. The smallest absolute Gasteiger partial charge is 0.329 e. The van der Waals surface area contributed by atoms with Gasteiger partial charge in [0.25, 0.3) is 0 Å². The fourth-order valence-electron chi connectivity index (χ4n) is 4.51. The molecule has 1 atom stereocenters. The molecule has 9 nitrogen and oxygen atoms in total. The third kappa shape index (κ3) is 3.88. The van der Waals surface area contributed by atoms with Crippen LogP contribution in [0.3, 0.4) is 0 Å². The third-order valence-electron chi connectivity index (χ3n) is 5.97. The summed E-state index contributed by atoms with van der Waals surface area (Å²) in [5, 5.41) is 8.06.